The monoisotopic (exact) mass is 669 g/mol. The number of carbonyl (C=O) groups excluding carboxylic acids is 2. The van der Waals surface area contributed by atoms with Crippen LogP contribution in [0.2, 0.25) is 0 Å². The molecule has 6 N–H and O–H groups in total. The van der Waals surface area contributed by atoms with Gasteiger partial charge in [0.1, 0.15) is 23.9 Å². The van der Waals surface area contributed by atoms with E-state index in [-0.39, 0.29) is 43.3 Å². The van der Waals surface area contributed by atoms with Gasteiger partial charge in [-0.2, -0.15) is 0 Å². The van der Waals surface area contributed by atoms with E-state index in [1.165, 1.54) is 30.7 Å². The second-order valence-corrected chi connectivity index (χ2v) is 14.1. The smallest absolute Gasteiger partial charge is 0.462 e. The summed E-state index contributed by atoms with van der Waals surface area (Å²) in [4.78, 5) is 43.3. The molecule has 0 aromatic carbocycles. The number of phosphoric ester groups is 1. The molecule has 2 rings (SSSR count). The van der Waals surface area contributed by atoms with Crippen LogP contribution in [0.5, 0.6) is 0 Å². The fourth-order valence-corrected chi connectivity index (χ4v) is 6.49. The Balaban J connectivity index is 1.98. The molecule has 262 valence electrons. The number of cyclic esters (lactones) is 1. The van der Waals surface area contributed by atoms with Crippen molar-refractivity contribution in [1.82, 2.24) is 0 Å². The van der Waals surface area contributed by atoms with E-state index in [2.05, 4.69) is 13.8 Å². The highest BCUT2D eigenvalue weighted by molar-refractivity contribution is 7.46. The summed E-state index contributed by atoms with van der Waals surface area (Å²) in [5, 5.41) is 22.2. The molecule has 0 aromatic heterocycles. The average molecular weight is 670 g/mol. The Bertz CT molecular complexity index is 1100. The van der Waals surface area contributed by atoms with Crippen molar-refractivity contribution in [2.24, 2.45) is 23.5 Å². The number of aliphatic hydroxyl groups excluding tert-OH is 1. The standard InChI is InChI=1S/C34H56NO10P/c1-4-27-17-18-33(38)44-30(27)19-20-34(39,21-22-35)31(45-46(40,41)42)24-28(36)14-9-8-12-26-13-10-15-29(23-26)43-32(37)16-7-5-6-11-25(2)3/h8-9,12,14,17-20,25-31,36,39H,4-7,10-11,13,15-16,21-24,35H2,1-3H3,(H2,40,41,42)/b12-8+,14-9+,20-19+. The van der Waals surface area contributed by atoms with Crippen molar-refractivity contribution in [3.05, 3.63) is 48.6 Å². The minimum atomic E-state index is -5.08. The SMILES string of the molecule is CCC1C=CC(=O)OC1/C=C/C(O)(CCN)C(CC(O)/C=C/C=C/C1CCCC(OC(=O)CCCCCC(C)C)C1)OP(=O)(O)O. The summed E-state index contributed by atoms with van der Waals surface area (Å²) in [5.74, 6) is 0.0638. The molecule has 1 aliphatic carbocycles. The maximum absolute atomic E-state index is 12.3. The van der Waals surface area contributed by atoms with Crippen LogP contribution in [-0.2, 0) is 28.2 Å². The number of allylic oxidation sites excluding steroid dienone is 3. The minimum Gasteiger partial charge on any atom is -0.462 e. The summed E-state index contributed by atoms with van der Waals surface area (Å²) in [6, 6.07) is 0. The molecule has 0 bridgehead atoms. The molecule has 11 nitrogen and oxygen atoms in total. The van der Waals surface area contributed by atoms with Gasteiger partial charge in [-0.15, -0.1) is 0 Å². The van der Waals surface area contributed by atoms with E-state index in [1.807, 2.05) is 13.0 Å². The lowest BCUT2D eigenvalue weighted by atomic mass is 9.86. The first-order chi connectivity index (χ1) is 21.7. The lowest BCUT2D eigenvalue weighted by Gasteiger charge is -2.35. The molecular formula is C34H56NO10P. The third-order valence-electron chi connectivity index (χ3n) is 8.48. The molecule has 0 saturated heterocycles. The topological polar surface area (TPSA) is 186 Å². The van der Waals surface area contributed by atoms with Crippen molar-refractivity contribution in [1.29, 1.82) is 0 Å². The number of unbranched alkanes of at least 4 members (excludes halogenated alkanes) is 2. The highest BCUT2D eigenvalue weighted by Gasteiger charge is 2.40. The van der Waals surface area contributed by atoms with Gasteiger partial charge in [-0.25, -0.2) is 9.36 Å². The van der Waals surface area contributed by atoms with Gasteiger partial charge in [0.2, 0.25) is 0 Å². The van der Waals surface area contributed by atoms with E-state index in [4.69, 9.17) is 19.7 Å². The van der Waals surface area contributed by atoms with Crippen molar-refractivity contribution in [3.63, 3.8) is 0 Å². The second kappa shape index (κ2) is 20.3. The fourth-order valence-electron chi connectivity index (χ4n) is 5.89. The highest BCUT2D eigenvalue weighted by atomic mass is 31.2. The van der Waals surface area contributed by atoms with Crippen LogP contribution in [0.3, 0.4) is 0 Å². The zero-order valence-electron chi connectivity index (χ0n) is 27.6. The second-order valence-electron chi connectivity index (χ2n) is 12.9. The van der Waals surface area contributed by atoms with E-state index in [9.17, 15) is 34.2 Å². The van der Waals surface area contributed by atoms with Gasteiger partial charge in [0.25, 0.3) is 0 Å². The molecule has 1 aliphatic heterocycles. The van der Waals surface area contributed by atoms with Gasteiger partial charge in [-0.3, -0.25) is 9.32 Å². The van der Waals surface area contributed by atoms with E-state index < -0.39 is 37.7 Å². The largest absolute Gasteiger partial charge is 0.469 e. The quantitative estimate of drug-likeness (QED) is 0.0378. The van der Waals surface area contributed by atoms with Crippen LogP contribution in [0, 0.1) is 17.8 Å². The zero-order chi connectivity index (χ0) is 34.2. The predicted molar refractivity (Wildman–Crippen MR) is 176 cm³/mol. The van der Waals surface area contributed by atoms with Gasteiger partial charge >= 0.3 is 19.8 Å². The van der Waals surface area contributed by atoms with Crippen molar-refractivity contribution in [3.8, 4) is 0 Å². The summed E-state index contributed by atoms with van der Waals surface area (Å²) in [6.07, 6.45) is 17.4. The Morgan fingerprint density at radius 3 is 2.63 bits per heavy atom. The number of carbonyl (C=O) groups is 2. The highest BCUT2D eigenvalue weighted by Crippen LogP contribution is 2.42. The lowest BCUT2D eigenvalue weighted by molar-refractivity contribution is -0.151. The summed E-state index contributed by atoms with van der Waals surface area (Å²) in [5.41, 5.74) is 3.75. The molecule has 12 heteroatoms. The Morgan fingerprint density at radius 2 is 1.96 bits per heavy atom. The van der Waals surface area contributed by atoms with Crippen LogP contribution in [0.4, 0.5) is 0 Å². The molecule has 1 heterocycles. The van der Waals surface area contributed by atoms with E-state index >= 15 is 0 Å². The predicted octanol–water partition coefficient (Wildman–Crippen LogP) is 5.18. The van der Waals surface area contributed by atoms with Gasteiger partial charge in [0.15, 0.2) is 0 Å². The summed E-state index contributed by atoms with van der Waals surface area (Å²) >= 11 is 0. The fraction of sp³-hybridized carbons (Fsp3) is 0.706. The molecule has 0 aromatic rings. The lowest BCUT2D eigenvalue weighted by Crippen LogP contribution is -2.45. The maximum Gasteiger partial charge on any atom is 0.469 e. The van der Waals surface area contributed by atoms with Crippen LogP contribution >= 0.6 is 7.82 Å². The number of esters is 2. The van der Waals surface area contributed by atoms with Crippen LogP contribution < -0.4 is 5.73 Å². The van der Waals surface area contributed by atoms with E-state index in [0.29, 0.717) is 18.8 Å². The van der Waals surface area contributed by atoms with Gasteiger partial charge < -0.3 is 35.2 Å². The van der Waals surface area contributed by atoms with Crippen LogP contribution in [0.1, 0.15) is 97.8 Å². The Labute approximate surface area is 274 Å². The van der Waals surface area contributed by atoms with Crippen molar-refractivity contribution in [2.45, 2.75) is 128 Å². The third kappa shape index (κ3) is 15.7. The number of hydrogen-bond donors (Lipinski definition) is 5. The number of rotatable bonds is 20. The Hall–Kier alpha value is -2.11. The summed E-state index contributed by atoms with van der Waals surface area (Å²) in [7, 11) is -5.08. The van der Waals surface area contributed by atoms with Gasteiger partial charge in [-0.05, 0) is 69.4 Å². The zero-order valence-corrected chi connectivity index (χ0v) is 28.5. The van der Waals surface area contributed by atoms with Gasteiger partial charge in [0, 0.05) is 24.8 Å². The van der Waals surface area contributed by atoms with Gasteiger partial charge in [-0.1, -0.05) is 76.5 Å². The average Bonchev–Trinajstić information content (AvgIpc) is 2.97. The first-order valence-electron chi connectivity index (χ1n) is 16.7. The molecule has 46 heavy (non-hydrogen) atoms. The normalized spacial score (nSPS) is 25.3. The third-order valence-corrected chi connectivity index (χ3v) is 9.01. The van der Waals surface area contributed by atoms with E-state index in [1.54, 1.807) is 18.2 Å². The maximum atomic E-state index is 12.3. The number of ether oxygens (including phenoxy) is 2. The molecule has 0 amide bonds. The van der Waals surface area contributed by atoms with Crippen molar-refractivity contribution < 1.29 is 48.2 Å². The van der Waals surface area contributed by atoms with Crippen molar-refractivity contribution >= 4 is 19.8 Å². The minimum absolute atomic E-state index is 0.0475. The molecule has 2 aliphatic rings. The first-order valence-corrected chi connectivity index (χ1v) is 18.2. The van der Waals surface area contributed by atoms with Crippen molar-refractivity contribution in [2.75, 3.05) is 6.54 Å². The molecule has 1 fully saturated rings. The molecular weight excluding hydrogens is 613 g/mol. The molecule has 7 unspecified atom stereocenters. The Kier molecular flexibility index (Phi) is 17.7. The van der Waals surface area contributed by atoms with Crippen LogP contribution in [0.15, 0.2) is 48.6 Å². The summed E-state index contributed by atoms with van der Waals surface area (Å²) in [6.45, 7) is 6.26. The van der Waals surface area contributed by atoms with Gasteiger partial charge in [0.05, 0.1) is 6.10 Å². The van der Waals surface area contributed by atoms with E-state index in [0.717, 1.165) is 44.9 Å². The number of nitrogens with two attached hydrogens (primary N) is 1. The van der Waals surface area contributed by atoms with Crippen LogP contribution in [-0.4, -0.2) is 68.5 Å². The summed E-state index contributed by atoms with van der Waals surface area (Å²) < 4.78 is 27.9. The van der Waals surface area contributed by atoms with Crippen LogP contribution in [0.25, 0.3) is 0 Å². The number of hydrogen-bond acceptors (Lipinski definition) is 9. The number of phosphoric acid groups is 1. The molecule has 0 radical (unpaired) electrons. The number of aliphatic hydroxyl groups is 2. The molecule has 1 saturated carbocycles. The molecule has 7 atom stereocenters. The Morgan fingerprint density at radius 1 is 1.20 bits per heavy atom. The molecule has 0 spiro atoms. The first kappa shape index (κ1) is 40.1.